The van der Waals surface area contributed by atoms with Gasteiger partial charge in [-0.1, -0.05) is 30.3 Å². The molecule has 2 fully saturated rings. The summed E-state index contributed by atoms with van der Waals surface area (Å²) in [5.41, 5.74) is 1.90. The van der Waals surface area contributed by atoms with Crippen molar-refractivity contribution in [1.29, 1.82) is 0 Å². The molecule has 2 aliphatic rings. The van der Waals surface area contributed by atoms with E-state index in [1.165, 1.54) is 13.2 Å². The monoisotopic (exact) mass is 410 g/mol. The molecule has 2 saturated heterocycles. The summed E-state index contributed by atoms with van der Waals surface area (Å²) in [6, 6.07) is 14.0. The van der Waals surface area contributed by atoms with Crippen LogP contribution in [0.25, 0.3) is 11.1 Å². The minimum Gasteiger partial charge on any atom is -0.375 e. The van der Waals surface area contributed by atoms with Gasteiger partial charge in [-0.15, -0.1) is 0 Å². The van der Waals surface area contributed by atoms with E-state index < -0.39 is 0 Å². The van der Waals surface area contributed by atoms with Gasteiger partial charge in [0, 0.05) is 43.9 Å². The van der Waals surface area contributed by atoms with E-state index in [1.54, 1.807) is 42.5 Å². The number of piperidine rings is 2. The molecule has 30 heavy (non-hydrogen) atoms. The van der Waals surface area contributed by atoms with Gasteiger partial charge in [0.1, 0.15) is 12.4 Å². The van der Waals surface area contributed by atoms with E-state index in [2.05, 4.69) is 0 Å². The number of fused-ring (bicyclic) bond motifs is 1. The molecule has 0 unspecified atom stereocenters. The van der Waals surface area contributed by atoms with E-state index in [0.717, 1.165) is 31.4 Å². The van der Waals surface area contributed by atoms with Crippen LogP contribution in [0.5, 0.6) is 0 Å². The Morgan fingerprint density at radius 2 is 1.83 bits per heavy atom. The van der Waals surface area contributed by atoms with E-state index in [-0.39, 0.29) is 30.3 Å². The maximum absolute atomic E-state index is 14.0. The Balaban J connectivity index is 1.47. The molecule has 2 amide bonds. The molecular formula is C24H27FN2O3. The predicted molar refractivity (Wildman–Crippen MR) is 112 cm³/mol. The summed E-state index contributed by atoms with van der Waals surface area (Å²) >= 11 is 0. The minimum absolute atomic E-state index is 0.0152. The first kappa shape index (κ1) is 20.5. The standard InChI is InChI=1S/C24H27FN2O3/c1-30-16-23(28)26-14-12-22-19(15-26)5-4-13-27(22)24(29)18-10-8-17(9-11-18)20-6-2-3-7-21(20)25/h2-3,6-11,19,22H,4-5,12-16H2,1H3/t19-,22+/m1/s1. The highest BCUT2D eigenvalue weighted by molar-refractivity contribution is 5.95. The number of nitrogens with zero attached hydrogens (tertiary/aromatic N) is 2. The molecule has 0 aliphatic carbocycles. The fraction of sp³-hybridized carbons (Fsp3) is 0.417. The van der Waals surface area contributed by atoms with E-state index >= 15 is 0 Å². The van der Waals surface area contributed by atoms with Gasteiger partial charge < -0.3 is 14.5 Å². The Morgan fingerprint density at radius 1 is 1.07 bits per heavy atom. The Bertz CT molecular complexity index is 915. The average molecular weight is 410 g/mol. The highest BCUT2D eigenvalue weighted by atomic mass is 19.1. The molecule has 4 rings (SSSR count). The molecule has 2 heterocycles. The number of likely N-dealkylation sites (tertiary alicyclic amines) is 2. The number of rotatable bonds is 4. The second-order valence-electron chi connectivity index (χ2n) is 8.09. The van der Waals surface area contributed by atoms with Gasteiger partial charge in [-0.25, -0.2) is 4.39 Å². The fourth-order valence-electron chi connectivity index (χ4n) is 4.75. The Morgan fingerprint density at radius 3 is 2.57 bits per heavy atom. The van der Waals surface area contributed by atoms with Crippen LogP contribution in [0.2, 0.25) is 0 Å². The summed E-state index contributed by atoms with van der Waals surface area (Å²) in [7, 11) is 1.53. The van der Waals surface area contributed by atoms with Crippen LogP contribution in [0.1, 0.15) is 29.6 Å². The van der Waals surface area contributed by atoms with Gasteiger partial charge in [0.05, 0.1) is 0 Å². The highest BCUT2D eigenvalue weighted by Crippen LogP contribution is 2.32. The van der Waals surface area contributed by atoms with Crippen LogP contribution in [-0.2, 0) is 9.53 Å². The van der Waals surface area contributed by atoms with Crippen molar-refractivity contribution in [2.45, 2.75) is 25.3 Å². The second kappa shape index (κ2) is 8.96. The van der Waals surface area contributed by atoms with Crippen molar-refractivity contribution < 1.29 is 18.7 Å². The van der Waals surface area contributed by atoms with Gasteiger partial charge >= 0.3 is 0 Å². The molecule has 0 bridgehead atoms. The SMILES string of the molecule is COCC(=O)N1CC[C@H]2[C@H](CCCN2C(=O)c2ccc(-c3ccccc3F)cc2)C1. The maximum Gasteiger partial charge on any atom is 0.254 e. The van der Waals surface area contributed by atoms with Crippen molar-refractivity contribution in [2.24, 2.45) is 5.92 Å². The fourth-order valence-corrected chi connectivity index (χ4v) is 4.75. The Labute approximate surface area is 176 Å². The minimum atomic E-state index is -0.273. The zero-order chi connectivity index (χ0) is 21.1. The van der Waals surface area contributed by atoms with Gasteiger partial charge in [0.15, 0.2) is 0 Å². The molecule has 2 atom stereocenters. The maximum atomic E-state index is 14.0. The van der Waals surface area contributed by atoms with E-state index in [4.69, 9.17) is 4.74 Å². The molecule has 0 spiro atoms. The molecular weight excluding hydrogens is 383 g/mol. The Hall–Kier alpha value is -2.73. The summed E-state index contributed by atoms with van der Waals surface area (Å²) < 4.78 is 19.0. The van der Waals surface area contributed by atoms with Crippen LogP contribution in [0.15, 0.2) is 48.5 Å². The number of ether oxygens (including phenoxy) is 1. The van der Waals surface area contributed by atoms with Crippen LogP contribution in [-0.4, -0.2) is 61.0 Å². The lowest BCUT2D eigenvalue weighted by Gasteiger charge is -2.47. The summed E-state index contributed by atoms with van der Waals surface area (Å²) in [6.07, 6.45) is 2.75. The third-order valence-corrected chi connectivity index (χ3v) is 6.27. The zero-order valence-electron chi connectivity index (χ0n) is 17.2. The van der Waals surface area contributed by atoms with E-state index in [1.807, 2.05) is 9.80 Å². The second-order valence-corrected chi connectivity index (χ2v) is 8.09. The third kappa shape index (κ3) is 4.10. The largest absolute Gasteiger partial charge is 0.375 e. The molecule has 2 aliphatic heterocycles. The van der Waals surface area contributed by atoms with Crippen molar-refractivity contribution in [3.8, 4) is 11.1 Å². The normalized spacial score (nSPS) is 21.3. The van der Waals surface area contributed by atoms with Gasteiger partial charge in [-0.2, -0.15) is 0 Å². The summed E-state index contributed by atoms with van der Waals surface area (Å²) in [6.45, 7) is 2.18. The molecule has 0 saturated carbocycles. The van der Waals surface area contributed by atoms with Gasteiger partial charge in [-0.3, -0.25) is 9.59 Å². The molecule has 2 aromatic carbocycles. The van der Waals surface area contributed by atoms with Crippen LogP contribution >= 0.6 is 0 Å². The molecule has 2 aromatic rings. The molecule has 6 heteroatoms. The van der Waals surface area contributed by atoms with Crippen molar-refractivity contribution in [3.05, 3.63) is 59.9 Å². The third-order valence-electron chi connectivity index (χ3n) is 6.27. The number of carbonyl (C=O) groups is 2. The number of halogens is 1. The number of methoxy groups -OCH3 is 1. The van der Waals surface area contributed by atoms with Crippen LogP contribution in [0, 0.1) is 11.7 Å². The smallest absolute Gasteiger partial charge is 0.254 e. The molecule has 0 N–H and O–H groups in total. The van der Waals surface area contributed by atoms with E-state index in [9.17, 15) is 14.0 Å². The Kier molecular flexibility index (Phi) is 6.13. The zero-order valence-corrected chi connectivity index (χ0v) is 17.2. The first-order chi connectivity index (χ1) is 14.6. The number of amides is 2. The number of carbonyl (C=O) groups excluding carboxylic acids is 2. The molecule has 5 nitrogen and oxygen atoms in total. The molecule has 0 aromatic heterocycles. The highest BCUT2D eigenvalue weighted by Gasteiger charge is 2.39. The van der Waals surface area contributed by atoms with Gasteiger partial charge in [-0.05, 0) is 48.9 Å². The lowest BCUT2D eigenvalue weighted by Crippen LogP contribution is -2.57. The van der Waals surface area contributed by atoms with E-state index in [0.29, 0.717) is 30.1 Å². The number of benzene rings is 2. The van der Waals surface area contributed by atoms with Crippen molar-refractivity contribution in [1.82, 2.24) is 9.80 Å². The van der Waals surface area contributed by atoms with Crippen LogP contribution in [0.4, 0.5) is 4.39 Å². The van der Waals surface area contributed by atoms with Crippen molar-refractivity contribution in [3.63, 3.8) is 0 Å². The average Bonchev–Trinajstić information content (AvgIpc) is 2.78. The first-order valence-electron chi connectivity index (χ1n) is 10.5. The summed E-state index contributed by atoms with van der Waals surface area (Å²) in [4.78, 5) is 29.3. The molecule has 0 radical (unpaired) electrons. The lowest BCUT2D eigenvalue weighted by molar-refractivity contribution is -0.138. The summed E-state index contributed by atoms with van der Waals surface area (Å²) in [5.74, 6) is 0.0600. The first-order valence-corrected chi connectivity index (χ1v) is 10.5. The van der Waals surface area contributed by atoms with Gasteiger partial charge in [0.2, 0.25) is 5.91 Å². The predicted octanol–water partition coefficient (Wildman–Crippen LogP) is 3.59. The number of hydrogen-bond donors (Lipinski definition) is 0. The quantitative estimate of drug-likeness (QED) is 0.774. The van der Waals surface area contributed by atoms with Crippen LogP contribution < -0.4 is 0 Å². The van der Waals surface area contributed by atoms with Crippen molar-refractivity contribution in [2.75, 3.05) is 33.4 Å². The summed E-state index contributed by atoms with van der Waals surface area (Å²) in [5, 5.41) is 0. The lowest BCUT2D eigenvalue weighted by atomic mass is 9.83. The number of hydrogen-bond acceptors (Lipinski definition) is 3. The molecule has 158 valence electrons. The topological polar surface area (TPSA) is 49.9 Å². The van der Waals surface area contributed by atoms with Gasteiger partial charge in [0.25, 0.3) is 5.91 Å². The van der Waals surface area contributed by atoms with Crippen LogP contribution in [0.3, 0.4) is 0 Å². The van der Waals surface area contributed by atoms with Crippen molar-refractivity contribution >= 4 is 11.8 Å².